The molecule has 0 radical (unpaired) electrons. The monoisotopic (exact) mass is 200 g/mol. The van der Waals surface area contributed by atoms with E-state index >= 15 is 0 Å². The molecule has 0 aliphatic heterocycles. The minimum Gasteiger partial charge on any atom is -0.394 e. The van der Waals surface area contributed by atoms with E-state index < -0.39 is 11.9 Å². The van der Waals surface area contributed by atoms with Crippen LogP contribution in [0.15, 0.2) is 16.3 Å². The summed E-state index contributed by atoms with van der Waals surface area (Å²) in [5.41, 5.74) is 3.29. The molecule has 0 aromatic carbocycles. The van der Waals surface area contributed by atoms with Crippen molar-refractivity contribution in [2.75, 3.05) is 7.05 Å². The third-order valence-corrected chi connectivity index (χ3v) is 1.67. The van der Waals surface area contributed by atoms with Crippen LogP contribution in [0.4, 0.5) is 13.2 Å². The van der Waals surface area contributed by atoms with Gasteiger partial charge in [-0.2, -0.15) is 13.2 Å². The quantitative estimate of drug-likeness (QED) is 0.647. The molecule has 0 aromatic heterocycles. The third-order valence-electron chi connectivity index (χ3n) is 1.22. The molecule has 0 bridgehead atoms. The van der Waals surface area contributed by atoms with Gasteiger partial charge in [-0.15, -0.1) is 0 Å². The molecule has 2 nitrogen and oxygen atoms in total. The van der Waals surface area contributed by atoms with Crippen molar-refractivity contribution < 1.29 is 13.2 Å². The summed E-state index contributed by atoms with van der Waals surface area (Å²) in [6.45, 7) is 1.16. The van der Waals surface area contributed by atoms with E-state index in [2.05, 4.69) is 4.99 Å². The van der Waals surface area contributed by atoms with Crippen LogP contribution in [-0.2, 0) is 0 Å². The highest BCUT2D eigenvalue weighted by Gasteiger charge is 2.33. The van der Waals surface area contributed by atoms with Crippen LogP contribution in [-0.4, -0.2) is 18.4 Å². The van der Waals surface area contributed by atoms with Gasteiger partial charge in [-0.3, -0.25) is 4.99 Å². The molecular formula is C6H8ClF3N2. The van der Waals surface area contributed by atoms with E-state index in [1.165, 1.54) is 7.05 Å². The number of aliphatic imine (C=N–C) groups is 1. The lowest BCUT2D eigenvalue weighted by Gasteiger charge is -2.09. The summed E-state index contributed by atoms with van der Waals surface area (Å²) < 4.78 is 35.7. The molecular weight excluding hydrogens is 193 g/mol. The normalized spacial score (nSPS) is 16.0. The van der Waals surface area contributed by atoms with E-state index in [-0.39, 0.29) is 10.7 Å². The van der Waals surface area contributed by atoms with Crippen LogP contribution in [0.25, 0.3) is 0 Å². The zero-order valence-corrected chi connectivity index (χ0v) is 7.29. The summed E-state index contributed by atoms with van der Waals surface area (Å²) in [5, 5.41) is -0.232. The van der Waals surface area contributed by atoms with Crippen molar-refractivity contribution in [2.45, 2.75) is 13.1 Å². The second-order valence-corrected chi connectivity index (χ2v) is 2.41. The summed E-state index contributed by atoms with van der Waals surface area (Å²) in [6, 6.07) is 0. The first kappa shape index (κ1) is 11.3. The molecule has 70 valence electrons. The molecule has 0 saturated carbocycles. The largest absolute Gasteiger partial charge is 0.431 e. The number of nitrogens with zero attached hydrogens (tertiary/aromatic N) is 1. The maximum Gasteiger partial charge on any atom is 0.431 e. The van der Waals surface area contributed by atoms with Gasteiger partial charge in [0.05, 0.1) is 0 Å². The van der Waals surface area contributed by atoms with Gasteiger partial charge in [-0.25, -0.2) is 0 Å². The van der Waals surface area contributed by atoms with Crippen LogP contribution in [0.1, 0.15) is 6.92 Å². The molecule has 0 saturated heterocycles. The van der Waals surface area contributed by atoms with Crippen LogP contribution in [0, 0.1) is 0 Å². The van der Waals surface area contributed by atoms with Crippen molar-refractivity contribution in [1.29, 1.82) is 0 Å². The predicted octanol–water partition coefficient (Wildman–Crippen LogP) is 2.05. The lowest BCUT2D eigenvalue weighted by atomic mass is 10.2. The summed E-state index contributed by atoms with van der Waals surface area (Å²) in [6.07, 6.45) is -4.55. The number of nitrogens with two attached hydrogens (primary N) is 1. The lowest BCUT2D eigenvalue weighted by Crippen LogP contribution is -2.22. The Morgan fingerprint density at radius 2 is 1.83 bits per heavy atom. The number of halogens is 4. The van der Waals surface area contributed by atoms with Gasteiger partial charge in [-0.1, -0.05) is 11.6 Å². The van der Waals surface area contributed by atoms with Crippen molar-refractivity contribution >= 4 is 16.8 Å². The minimum absolute atomic E-state index is 0.232. The minimum atomic E-state index is -4.55. The molecule has 2 N–H and O–H groups in total. The number of hydrogen-bond acceptors (Lipinski definition) is 2. The van der Waals surface area contributed by atoms with Gasteiger partial charge in [0.1, 0.15) is 10.9 Å². The molecule has 0 aliphatic rings. The number of hydrogen-bond donors (Lipinski definition) is 1. The van der Waals surface area contributed by atoms with E-state index in [1.54, 1.807) is 0 Å². The van der Waals surface area contributed by atoms with E-state index in [1.807, 2.05) is 0 Å². The fraction of sp³-hybridized carbons (Fsp3) is 0.500. The molecule has 6 heteroatoms. The Labute approximate surface area is 72.9 Å². The number of allylic oxidation sites excluding steroid dienone is 2. The highest BCUT2D eigenvalue weighted by atomic mass is 35.5. The Kier molecular flexibility index (Phi) is 3.57. The first-order valence-corrected chi connectivity index (χ1v) is 3.34. The molecule has 0 unspecified atom stereocenters. The van der Waals surface area contributed by atoms with E-state index in [4.69, 9.17) is 17.3 Å². The van der Waals surface area contributed by atoms with Crippen molar-refractivity contribution in [2.24, 2.45) is 10.7 Å². The Bertz CT molecular complexity index is 229. The first-order chi connectivity index (χ1) is 5.30. The Morgan fingerprint density at radius 1 is 1.42 bits per heavy atom. The standard InChI is InChI=1S/C6H8ClF3N2/c1-3(5(7)12-2)4(11)6(8,9)10/h11H2,1-2H3. The average Bonchev–Trinajstić information content (AvgIpc) is 1.98. The van der Waals surface area contributed by atoms with Gasteiger partial charge in [-0.05, 0) is 6.92 Å². The fourth-order valence-corrected chi connectivity index (χ4v) is 0.593. The van der Waals surface area contributed by atoms with E-state index in [9.17, 15) is 13.2 Å². The molecule has 0 amide bonds. The maximum atomic E-state index is 11.9. The highest BCUT2D eigenvalue weighted by Crippen LogP contribution is 2.24. The Morgan fingerprint density at radius 3 is 2.08 bits per heavy atom. The third kappa shape index (κ3) is 2.73. The SMILES string of the molecule is CN=C(Cl)C(C)=C(N)C(F)(F)F. The Balaban J connectivity index is 4.96. The summed E-state index contributed by atoms with van der Waals surface area (Å²) >= 11 is 5.33. The van der Waals surface area contributed by atoms with Crippen molar-refractivity contribution in [3.8, 4) is 0 Å². The van der Waals surface area contributed by atoms with Crippen LogP contribution >= 0.6 is 11.6 Å². The van der Waals surface area contributed by atoms with Gasteiger partial charge in [0.2, 0.25) is 0 Å². The van der Waals surface area contributed by atoms with Crippen molar-refractivity contribution in [3.05, 3.63) is 11.3 Å². The zero-order valence-electron chi connectivity index (χ0n) is 6.54. The molecule has 0 spiro atoms. The topological polar surface area (TPSA) is 38.4 Å². The van der Waals surface area contributed by atoms with Crippen LogP contribution in [0.5, 0.6) is 0 Å². The van der Waals surface area contributed by atoms with Gasteiger partial charge in [0, 0.05) is 12.6 Å². The predicted molar refractivity (Wildman–Crippen MR) is 42.2 cm³/mol. The highest BCUT2D eigenvalue weighted by molar-refractivity contribution is 6.69. The van der Waals surface area contributed by atoms with Crippen LogP contribution in [0.3, 0.4) is 0 Å². The second-order valence-electron chi connectivity index (χ2n) is 2.05. The van der Waals surface area contributed by atoms with E-state index in [0.717, 1.165) is 6.92 Å². The van der Waals surface area contributed by atoms with Crippen LogP contribution < -0.4 is 5.73 Å². The molecule has 12 heavy (non-hydrogen) atoms. The first-order valence-electron chi connectivity index (χ1n) is 2.97. The maximum absolute atomic E-state index is 11.9. The lowest BCUT2D eigenvalue weighted by molar-refractivity contribution is -0.0931. The van der Waals surface area contributed by atoms with Gasteiger partial charge in [0.25, 0.3) is 0 Å². The molecule has 0 rings (SSSR count). The zero-order chi connectivity index (χ0) is 9.94. The summed E-state index contributed by atoms with van der Waals surface area (Å²) in [5.74, 6) is 0. The number of rotatable bonds is 1. The Hall–Kier alpha value is -0.710. The molecule has 0 atom stereocenters. The fourth-order valence-electron chi connectivity index (χ4n) is 0.491. The van der Waals surface area contributed by atoms with Gasteiger partial charge in [0.15, 0.2) is 0 Å². The number of alkyl halides is 3. The molecule has 0 aromatic rings. The molecule has 0 aliphatic carbocycles. The van der Waals surface area contributed by atoms with E-state index in [0.29, 0.717) is 0 Å². The molecule has 0 heterocycles. The van der Waals surface area contributed by atoms with Gasteiger partial charge >= 0.3 is 6.18 Å². The average molecular weight is 201 g/mol. The molecule has 0 fully saturated rings. The van der Waals surface area contributed by atoms with Crippen LogP contribution in [0.2, 0.25) is 0 Å². The van der Waals surface area contributed by atoms with Gasteiger partial charge < -0.3 is 5.73 Å². The smallest absolute Gasteiger partial charge is 0.394 e. The second kappa shape index (κ2) is 3.80. The summed E-state index contributed by atoms with van der Waals surface area (Å²) in [7, 11) is 1.29. The van der Waals surface area contributed by atoms with Crippen molar-refractivity contribution in [1.82, 2.24) is 0 Å². The summed E-state index contributed by atoms with van der Waals surface area (Å²) in [4.78, 5) is 3.37. The van der Waals surface area contributed by atoms with Crippen molar-refractivity contribution in [3.63, 3.8) is 0 Å².